The van der Waals surface area contributed by atoms with Gasteiger partial charge in [0.25, 0.3) is 0 Å². The number of aromatic nitrogens is 1. The van der Waals surface area contributed by atoms with Gasteiger partial charge in [-0.15, -0.1) is 0 Å². The largest absolute Gasteiger partial charge is 0.310 e. The van der Waals surface area contributed by atoms with E-state index in [-0.39, 0.29) is 0 Å². The van der Waals surface area contributed by atoms with Gasteiger partial charge in [-0.05, 0) is 149 Å². The average molecular weight is 963 g/mol. The van der Waals surface area contributed by atoms with Gasteiger partial charge in [0.05, 0.1) is 27.6 Å². The van der Waals surface area contributed by atoms with E-state index >= 15 is 0 Å². The predicted molar refractivity (Wildman–Crippen MR) is 313 cm³/mol. The second kappa shape index (κ2) is 15.4. The van der Waals surface area contributed by atoms with Gasteiger partial charge in [0, 0.05) is 27.8 Å². The van der Waals surface area contributed by atoms with E-state index in [9.17, 15) is 0 Å². The number of para-hydroxylation sites is 3. The van der Waals surface area contributed by atoms with Gasteiger partial charge in [-0.3, -0.25) is 0 Å². The summed E-state index contributed by atoms with van der Waals surface area (Å²) in [5.74, 6) is 0. The summed E-state index contributed by atoms with van der Waals surface area (Å²) in [6.45, 7) is 0. The molecule has 2 heteroatoms. The van der Waals surface area contributed by atoms with E-state index in [0.717, 1.165) is 17.1 Å². The maximum absolute atomic E-state index is 2.52. The second-order valence-electron chi connectivity index (χ2n) is 21.0. The summed E-state index contributed by atoms with van der Waals surface area (Å²) in [4.78, 5) is 2.47. The summed E-state index contributed by atoms with van der Waals surface area (Å²) >= 11 is 0. The molecule has 352 valence electrons. The molecule has 4 aliphatic rings. The summed E-state index contributed by atoms with van der Waals surface area (Å²) in [6, 6.07) is 105. The van der Waals surface area contributed by atoms with Crippen molar-refractivity contribution in [3.63, 3.8) is 0 Å². The molecule has 1 aromatic heterocycles. The number of rotatable bonds is 5. The fourth-order valence-electron chi connectivity index (χ4n) is 14.8. The van der Waals surface area contributed by atoms with Crippen molar-refractivity contribution in [3.8, 4) is 61.3 Å². The average Bonchev–Trinajstić information content (AvgIpc) is 4.23. The van der Waals surface area contributed by atoms with Crippen molar-refractivity contribution >= 4 is 38.9 Å². The van der Waals surface area contributed by atoms with Crippen molar-refractivity contribution in [3.05, 3.63) is 324 Å². The first-order valence-electron chi connectivity index (χ1n) is 26.6. The minimum Gasteiger partial charge on any atom is -0.310 e. The molecule has 17 rings (SSSR count). The Bertz CT molecular complexity index is 4530. The standard InChI is InChI=1S/C74H46N2/c1-2-19-47(20-3-1)49-21-16-22-51(45-49)75(52-43-44-57-56-25-6-11-32-63(56)73(68(57)46-52)61-30-9-4-23-54(61)55-24-5-10-31-62(55)73)50-41-39-48(40-42-50)53-28-17-35-66-71(53)60-27-7-12-33-64(60)74(66)65-34-13-15-38-70(65)76-69-37-14-8-26-58(69)59-29-18-36-67(74)72(59)76/h1-46H. The van der Waals surface area contributed by atoms with E-state index in [4.69, 9.17) is 0 Å². The maximum atomic E-state index is 2.52. The van der Waals surface area contributed by atoms with Crippen LogP contribution < -0.4 is 4.90 Å². The van der Waals surface area contributed by atoms with Gasteiger partial charge in [-0.1, -0.05) is 231 Å². The topological polar surface area (TPSA) is 8.17 Å². The highest BCUT2D eigenvalue weighted by molar-refractivity contribution is 6.13. The SMILES string of the molecule is c1ccc(-c2cccc(N(c3ccc(-c4cccc5c4-c4ccccc4C54c5ccccc5-n5c6ccccc6c6cccc4c65)cc3)c3ccc4c(c3)C3(c5ccccc5-c5ccccc53)c3ccccc3-4)c2)cc1. The van der Waals surface area contributed by atoms with Crippen LogP contribution in [0.3, 0.4) is 0 Å². The molecule has 0 saturated heterocycles. The number of fused-ring (bicyclic) bond motifs is 22. The van der Waals surface area contributed by atoms with Crippen molar-refractivity contribution in [1.82, 2.24) is 4.57 Å². The lowest BCUT2D eigenvalue weighted by atomic mass is 9.65. The highest BCUT2D eigenvalue weighted by atomic mass is 15.1. The molecule has 2 spiro atoms. The number of anilines is 3. The van der Waals surface area contributed by atoms with Crippen LogP contribution in [0, 0.1) is 0 Å². The fourth-order valence-corrected chi connectivity index (χ4v) is 14.8. The molecule has 76 heavy (non-hydrogen) atoms. The Labute approximate surface area is 441 Å². The van der Waals surface area contributed by atoms with Crippen LogP contribution >= 0.6 is 0 Å². The Morgan fingerprint density at radius 3 is 1.49 bits per heavy atom. The van der Waals surface area contributed by atoms with Gasteiger partial charge in [0.1, 0.15) is 0 Å². The van der Waals surface area contributed by atoms with E-state index in [1.165, 1.54) is 128 Å². The van der Waals surface area contributed by atoms with Crippen LogP contribution in [0.25, 0.3) is 83.1 Å². The molecule has 3 aliphatic carbocycles. The Kier molecular flexibility index (Phi) is 8.44. The highest BCUT2D eigenvalue weighted by Crippen LogP contribution is 2.65. The number of nitrogens with zero attached hydrogens (tertiary/aromatic N) is 2. The first-order chi connectivity index (χ1) is 37.7. The monoisotopic (exact) mass is 962 g/mol. The lowest BCUT2D eigenvalue weighted by molar-refractivity contribution is 0.748. The highest BCUT2D eigenvalue weighted by Gasteiger charge is 2.53. The first kappa shape index (κ1) is 41.7. The molecule has 0 N–H and O–H groups in total. The molecule has 13 aromatic rings. The lowest BCUT2D eigenvalue weighted by Crippen LogP contribution is -2.33. The predicted octanol–water partition coefficient (Wildman–Crippen LogP) is 18.6. The molecular formula is C74H46N2. The van der Waals surface area contributed by atoms with Crippen molar-refractivity contribution in [2.75, 3.05) is 4.90 Å². The van der Waals surface area contributed by atoms with Gasteiger partial charge < -0.3 is 9.47 Å². The summed E-state index contributed by atoms with van der Waals surface area (Å²) in [5.41, 5.74) is 29.3. The van der Waals surface area contributed by atoms with Crippen molar-refractivity contribution in [1.29, 1.82) is 0 Å². The Balaban J connectivity index is 0.864. The van der Waals surface area contributed by atoms with Crippen LogP contribution in [0.5, 0.6) is 0 Å². The molecule has 1 unspecified atom stereocenters. The number of benzene rings is 12. The molecular weight excluding hydrogens is 917 g/mol. The second-order valence-corrected chi connectivity index (χ2v) is 21.0. The van der Waals surface area contributed by atoms with Crippen LogP contribution in [-0.4, -0.2) is 4.57 Å². The van der Waals surface area contributed by atoms with E-state index in [1.807, 2.05) is 0 Å². The molecule has 0 radical (unpaired) electrons. The van der Waals surface area contributed by atoms with Gasteiger partial charge >= 0.3 is 0 Å². The summed E-state index contributed by atoms with van der Waals surface area (Å²) in [6.07, 6.45) is 0. The maximum Gasteiger partial charge on any atom is 0.0754 e. The van der Waals surface area contributed by atoms with Gasteiger partial charge in [-0.25, -0.2) is 0 Å². The van der Waals surface area contributed by atoms with Crippen molar-refractivity contribution in [2.24, 2.45) is 0 Å². The van der Waals surface area contributed by atoms with Crippen LogP contribution in [0.2, 0.25) is 0 Å². The fraction of sp³-hybridized carbons (Fsp3) is 0.0270. The summed E-state index contributed by atoms with van der Waals surface area (Å²) in [7, 11) is 0. The van der Waals surface area contributed by atoms with Crippen LogP contribution in [0.1, 0.15) is 44.5 Å². The van der Waals surface area contributed by atoms with E-state index in [0.29, 0.717) is 0 Å². The molecule has 12 aromatic carbocycles. The number of hydrogen-bond acceptors (Lipinski definition) is 1. The van der Waals surface area contributed by atoms with E-state index in [2.05, 4.69) is 289 Å². The van der Waals surface area contributed by atoms with Gasteiger partial charge in [0.2, 0.25) is 0 Å². The minimum absolute atomic E-state index is 0.460. The normalized spacial score (nSPS) is 15.3. The molecule has 0 saturated carbocycles. The van der Waals surface area contributed by atoms with E-state index in [1.54, 1.807) is 0 Å². The molecule has 1 aliphatic heterocycles. The zero-order chi connectivity index (χ0) is 49.7. The smallest absolute Gasteiger partial charge is 0.0754 e. The lowest BCUT2D eigenvalue weighted by Gasteiger charge is -2.39. The Morgan fingerprint density at radius 2 is 0.750 bits per heavy atom. The Hall–Kier alpha value is -9.76. The van der Waals surface area contributed by atoms with Crippen molar-refractivity contribution in [2.45, 2.75) is 10.8 Å². The molecule has 0 fully saturated rings. The van der Waals surface area contributed by atoms with Crippen LogP contribution in [0.15, 0.2) is 279 Å². The molecule has 0 amide bonds. The quantitative estimate of drug-likeness (QED) is 0.167. The Morgan fingerprint density at radius 1 is 0.263 bits per heavy atom. The van der Waals surface area contributed by atoms with E-state index < -0.39 is 10.8 Å². The molecule has 2 nitrogen and oxygen atoms in total. The first-order valence-corrected chi connectivity index (χ1v) is 26.6. The third-order valence-corrected chi connectivity index (χ3v) is 17.6. The minimum atomic E-state index is -0.520. The third-order valence-electron chi connectivity index (χ3n) is 17.6. The third kappa shape index (κ3) is 5.25. The number of hydrogen-bond donors (Lipinski definition) is 0. The molecule has 0 bridgehead atoms. The molecule has 2 heterocycles. The van der Waals surface area contributed by atoms with Crippen LogP contribution in [0.4, 0.5) is 17.1 Å². The zero-order valence-corrected chi connectivity index (χ0v) is 41.5. The van der Waals surface area contributed by atoms with Crippen LogP contribution in [-0.2, 0) is 10.8 Å². The van der Waals surface area contributed by atoms with Gasteiger partial charge in [0.15, 0.2) is 0 Å². The summed E-state index contributed by atoms with van der Waals surface area (Å²) < 4.78 is 2.52. The summed E-state index contributed by atoms with van der Waals surface area (Å²) in [5, 5.41) is 2.57. The zero-order valence-electron chi connectivity index (χ0n) is 41.5. The van der Waals surface area contributed by atoms with Crippen molar-refractivity contribution < 1.29 is 0 Å². The van der Waals surface area contributed by atoms with Gasteiger partial charge in [-0.2, -0.15) is 0 Å². The molecule has 1 atom stereocenters.